The Labute approximate surface area is 108 Å². The molecular weight excluding hydrogens is 226 g/mol. The highest BCUT2D eigenvalue weighted by atomic mass is 16.2. The second kappa shape index (κ2) is 7.11. The Morgan fingerprint density at radius 2 is 2.11 bits per heavy atom. The van der Waals surface area contributed by atoms with Crippen LogP contribution in [0.2, 0.25) is 0 Å². The van der Waals surface area contributed by atoms with E-state index in [1.54, 1.807) is 6.20 Å². The van der Waals surface area contributed by atoms with Crippen LogP contribution in [-0.2, 0) is 11.3 Å². The third-order valence-corrected chi connectivity index (χ3v) is 3.26. The van der Waals surface area contributed by atoms with E-state index in [9.17, 15) is 4.79 Å². The molecule has 0 aliphatic carbocycles. The van der Waals surface area contributed by atoms with E-state index in [1.165, 1.54) is 6.42 Å². The van der Waals surface area contributed by atoms with Gasteiger partial charge in [0.05, 0.1) is 5.69 Å². The zero-order chi connectivity index (χ0) is 12.6. The summed E-state index contributed by atoms with van der Waals surface area (Å²) < 4.78 is 0. The third-order valence-electron chi connectivity index (χ3n) is 3.26. The zero-order valence-corrected chi connectivity index (χ0v) is 10.8. The monoisotopic (exact) mass is 247 g/mol. The topological polar surface area (TPSA) is 45.2 Å². The Morgan fingerprint density at radius 3 is 2.83 bits per heavy atom. The van der Waals surface area contributed by atoms with Crippen molar-refractivity contribution in [3.05, 3.63) is 30.1 Å². The summed E-state index contributed by atoms with van der Waals surface area (Å²) in [7, 11) is 0. The molecule has 2 heterocycles. The maximum Gasteiger partial charge on any atom is 0.223 e. The predicted molar refractivity (Wildman–Crippen MR) is 71.0 cm³/mol. The van der Waals surface area contributed by atoms with Gasteiger partial charge in [-0.05, 0) is 31.4 Å². The lowest BCUT2D eigenvalue weighted by Crippen LogP contribution is -2.37. The smallest absolute Gasteiger partial charge is 0.223 e. The third kappa shape index (κ3) is 4.11. The predicted octanol–water partition coefficient (Wildman–Crippen LogP) is 1.57. The van der Waals surface area contributed by atoms with Crippen molar-refractivity contribution in [2.24, 2.45) is 0 Å². The minimum absolute atomic E-state index is 0.281. The minimum atomic E-state index is 0.281. The van der Waals surface area contributed by atoms with Crippen molar-refractivity contribution in [3.63, 3.8) is 0 Å². The molecule has 0 unspecified atom stereocenters. The normalized spacial score (nSPS) is 15.7. The first-order valence-corrected chi connectivity index (χ1v) is 6.74. The minimum Gasteiger partial charge on any atom is -0.343 e. The summed E-state index contributed by atoms with van der Waals surface area (Å²) in [5.74, 6) is 0.281. The highest BCUT2D eigenvalue weighted by Crippen LogP contribution is 2.09. The van der Waals surface area contributed by atoms with Gasteiger partial charge in [-0.1, -0.05) is 6.07 Å². The SMILES string of the molecule is O=C(CCNCc1ccccn1)N1CCCCC1. The molecule has 0 aromatic carbocycles. The number of nitrogens with zero attached hydrogens (tertiary/aromatic N) is 2. The van der Waals surface area contributed by atoms with E-state index in [2.05, 4.69) is 10.3 Å². The largest absolute Gasteiger partial charge is 0.343 e. The van der Waals surface area contributed by atoms with Crippen molar-refractivity contribution in [1.82, 2.24) is 15.2 Å². The standard InChI is InChI=1S/C14H21N3O/c18-14(17-10-4-1-5-11-17)7-9-15-12-13-6-2-3-8-16-13/h2-3,6,8,15H,1,4-5,7,9-12H2. The second-order valence-corrected chi connectivity index (χ2v) is 4.69. The van der Waals surface area contributed by atoms with Crippen LogP contribution in [0.1, 0.15) is 31.4 Å². The molecule has 1 aromatic rings. The van der Waals surface area contributed by atoms with E-state index in [0.717, 1.165) is 44.7 Å². The number of piperidine rings is 1. The Balaban J connectivity index is 1.61. The first-order valence-electron chi connectivity index (χ1n) is 6.74. The summed E-state index contributed by atoms with van der Waals surface area (Å²) in [6.07, 6.45) is 5.96. The van der Waals surface area contributed by atoms with Crippen molar-refractivity contribution >= 4 is 5.91 Å². The molecule has 1 aliphatic heterocycles. The molecule has 98 valence electrons. The molecule has 18 heavy (non-hydrogen) atoms. The van der Waals surface area contributed by atoms with Gasteiger partial charge in [-0.3, -0.25) is 9.78 Å². The molecule has 0 bridgehead atoms. The van der Waals surface area contributed by atoms with Crippen LogP contribution in [0, 0.1) is 0 Å². The lowest BCUT2D eigenvalue weighted by Gasteiger charge is -2.26. The van der Waals surface area contributed by atoms with E-state index in [4.69, 9.17) is 0 Å². The van der Waals surface area contributed by atoms with Crippen LogP contribution in [0.5, 0.6) is 0 Å². The molecule has 2 rings (SSSR count). The lowest BCUT2D eigenvalue weighted by molar-refractivity contribution is -0.131. The molecule has 0 spiro atoms. The van der Waals surface area contributed by atoms with E-state index >= 15 is 0 Å². The lowest BCUT2D eigenvalue weighted by atomic mass is 10.1. The molecule has 4 heteroatoms. The van der Waals surface area contributed by atoms with Gasteiger partial charge in [0.15, 0.2) is 0 Å². The van der Waals surface area contributed by atoms with Crippen molar-refractivity contribution in [2.75, 3.05) is 19.6 Å². The van der Waals surface area contributed by atoms with E-state index in [1.807, 2.05) is 23.1 Å². The van der Waals surface area contributed by atoms with Crippen LogP contribution in [0.4, 0.5) is 0 Å². The maximum atomic E-state index is 11.9. The summed E-state index contributed by atoms with van der Waals surface area (Å²) in [6, 6.07) is 5.87. The Hall–Kier alpha value is -1.42. The van der Waals surface area contributed by atoms with Gasteiger partial charge in [-0.15, -0.1) is 0 Å². The first-order chi connectivity index (χ1) is 8.86. The van der Waals surface area contributed by atoms with E-state index in [-0.39, 0.29) is 5.91 Å². The number of carbonyl (C=O) groups is 1. The molecule has 0 saturated carbocycles. The van der Waals surface area contributed by atoms with Crippen molar-refractivity contribution < 1.29 is 4.79 Å². The molecule has 0 atom stereocenters. The van der Waals surface area contributed by atoms with Crippen LogP contribution < -0.4 is 5.32 Å². The van der Waals surface area contributed by atoms with Gasteiger partial charge < -0.3 is 10.2 Å². The highest BCUT2D eigenvalue weighted by Gasteiger charge is 2.15. The number of likely N-dealkylation sites (tertiary alicyclic amines) is 1. The summed E-state index contributed by atoms with van der Waals surface area (Å²) >= 11 is 0. The van der Waals surface area contributed by atoms with Gasteiger partial charge in [0.25, 0.3) is 0 Å². The molecule has 1 N–H and O–H groups in total. The Morgan fingerprint density at radius 1 is 1.28 bits per heavy atom. The van der Waals surface area contributed by atoms with Gasteiger partial charge in [-0.25, -0.2) is 0 Å². The van der Waals surface area contributed by atoms with Crippen LogP contribution in [0.25, 0.3) is 0 Å². The molecule has 1 saturated heterocycles. The van der Waals surface area contributed by atoms with Gasteiger partial charge in [0.2, 0.25) is 5.91 Å². The molecule has 1 fully saturated rings. The molecule has 1 aliphatic rings. The average molecular weight is 247 g/mol. The average Bonchev–Trinajstić information content (AvgIpc) is 2.45. The van der Waals surface area contributed by atoms with E-state index < -0.39 is 0 Å². The Bertz CT molecular complexity index is 361. The summed E-state index contributed by atoms with van der Waals surface area (Å²) in [6.45, 7) is 3.35. The van der Waals surface area contributed by atoms with Gasteiger partial charge in [-0.2, -0.15) is 0 Å². The zero-order valence-electron chi connectivity index (χ0n) is 10.8. The fraction of sp³-hybridized carbons (Fsp3) is 0.571. The number of hydrogen-bond acceptors (Lipinski definition) is 3. The summed E-state index contributed by atoms with van der Waals surface area (Å²) in [5, 5.41) is 3.26. The number of carbonyl (C=O) groups excluding carboxylic acids is 1. The number of hydrogen-bond donors (Lipinski definition) is 1. The van der Waals surface area contributed by atoms with Crippen molar-refractivity contribution in [3.8, 4) is 0 Å². The summed E-state index contributed by atoms with van der Waals surface area (Å²) in [4.78, 5) is 18.1. The van der Waals surface area contributed by atoms with Crippen LogP contribution in [0.3, 0.4) is 0 Å². The number of aromatic nitrogens is 1. The number of amides is 1. The van der Waals surface area contributed by atoms with Crippen LogP contribution in [0.15, 0.2) is 24.4 Å². The molecular formula is C14H21N3O. The first kappa shape index (κ1) is 13.0. The summed E-state index contributed by atoms with van der Waals surface area (Å²) in [5.41, 5.74) is 1.02. The van der Waals surface area contributed by atoms with Crippen LogP contribution in [-0.4, -0.2) is 35.4 Å². The Kier molecular flexibility index (Phi) is 5.15. The maximum absolute atomic E-state index is 11.9. The molecule has 1 amide bonds. The number of pyridine rings is 1. The number of rotatable bonds is 5. The van der Waals surface area contributed by atoms with Gasteiger partial charge in [0, 0.05) is 38.8 Å². The fourth-order valence-corrected chi connectivity index (χ4v) is 2.22. The highest BCUT2D eigenvalue weighted by molar-refractivity contribution is 5.76. The van der Waals surface area contributed by atoms with Crippen LogP contribution >= 0.6 is 0 Å². The van der Waals surface area contributed by atoms with Crippen molar-refractivity contribution in [1.29, 1.82) is 0 Å². The van der Waals surface area contributed by atoms with Gasteiger partial charge >= 0.3 is 0 Å². The fourth-order valence-electron chi connectivity index (χ4n) is 2.22. The van der Waals surface area contributed by atoms with E-state index in [0.29, 0.717) is 6.42 Å². The molecule has 1 aromatic heterocycles. The van der Waals surface area contributed by atoms with Gasteiger partial charge in [0.1, 0.15) is 0 Å². The molecule has 0 radical (unpaired) electrons. The molecule has 4 nitrogen and oxygen atoms in total. The number of nitrogens with one attached hydrogen (secondary N) is 1. The quantitative estimate of drug-likeness (QED) is 0.803. The van der Waals surface area contributed by atoms with Crippen molar-refractivity contribution in [2.45, 2.75) is 32.2 Å². The second-order valence-electron chi connectivity index (χ2n) is 4.69.